The Balaban J connectivity index is 1.89. The highest BCUT2D eigenvalue weighted by molar-refractivity contribution is 7.13. The van der Waals surface area contributed by atoms with Crippen molar-refractivity contribution in [3.8, 4) is 5.75 Å². The molecule has 1 heterocycles. The van der Waals surface area contributed by atoms with E-state index in [1.807, 2.05) is 48.5 Å². The van der Waals surface area contributed by atoms with Crippen molar-refractivity contribution in [1.29, 1.82) is 0 Å². The second-order valence-electron chi connectivity index (χ2n) is 3.97. The molecule has 0 aliphatic heterocycles. The lowest BCUT2D eigenvalue weighted by molar-refractivity contribution is 0.310. The maximum absolute atomic E-state index is 5.87. The van der Waals surface area contributed by atoms with E-state index in [1.165, 1.54) is 11.5 Å². The number of hydrogen-bond acceptors (Lipinski definition) is 4. The number of hydrogen-bond donors (Lipinski definition) is 1. The number of nitrogens with zero attached hydrogens (tertiary/aromatic N) is 1. The summed E-state index contributed by atoms with van der Waals surface area (Å²) in [6.45, 7) is 0.537. The maximum Gasteiger partial charge on any atom is 0.148 e. The van der Waals surface area contributed by atoms with Crippen molar-refractivity contribution in [1.82, 2.24) is 4.37 Å². The first-order valence-electron chi connectivity index (χ1n) is 5.65. The Morgan fingerprint density at radius 2 is 1.89 bits per heavy atom. The van der Waals surface area contributed by atoms with E-state index >= 15 is 0 Å². The first kappa shape index (κ1) is 11.0. The van der Waals surface area contributed by atoms with Crippen LogP contribution in [0.1, 0.15) is 5.56 Å². The lowest BCUT2D eigenvalue weighted by atomic mass is 10.2. The number of rotatable bonds is 3. The number of anilines is 1. The first-order chi connectivity index (χ1) is 8.84. The molecular weight excluding hydrogens is 244 g/mol. The molecule has 2 aromatic carbocycles. The summed E-state index contributed by atoms with van der Waals surface area (Å²) in [4.78, 5) is 0. The van der Waals surface area contributed by atoms with Gasteiger partial charge in [0.05, 0.1) is 10.1 Å². The van der Waals surface area contributed by atoms with Gasteiger partial charge >= 0.3 is 0 Å². The van der Waals surface area contributed by atoms with Crippen LogP contribution < -0.4 is 10.5 Å². The molecule has 3 nitrogen and oxygen atoms in total. The van der Waals surface area contributed by atoms with E-state index in [0.29, 0.717) is 12.4 Å². The molecule has 0 bridgehead atoms. The molecule has 4 heteroatoms. The highest BCUT2D eigenvalue weighted by atomic mass is 32.1. The summed E-state index contributed by atoms with van der Waals surface area (Å²) in [7, 11) is 0. The monoisotopic (exact) mass is 256 g/mol. The van der Waals surface area contributed by atoms with E-state index in [4.69, 9.17) is 10.5 Å². The second-order valence-corrected chi connectivity index (χ2v) is 4.78. The lowest BCUT2D eigenvalue weighted by Gasteiger charge is -2.07. The van der Waals surface area contributed by atoms with Gasteiger partial charge in [0, 0.05) is 0 Å². The quantitative estimate of drug-likeness (QED) is 0.780. The van der Waals surface area contributed by atoms with E-state index in [1.54, 1.807) is 0 Å². The summed E-state index contributed by atoms with van der Waals surface area (Å²) in [5.41, 5.74) is 7.00. The van der Waals surface area contributed by atoms with Gasteiger partial charge in [-0.25, -0.2) is 0 Å². The summed E-state index contributed by atoms with van der Waals surface area (Å²) >= 11 is 1.39. The number of nitrogen functional groups attached to an aromatic ring is 1. The summed E-state index contributed by atoms with van der Waals surface area (Å²) in [5.74, 6) is 1.33. The molecule has 2 N–H and O–H groups in total. The normalized spacial score (nSPS) is 10.7. The number of benzene rings is 2. The minimum atomic E-state index is 0.537. The van der Waals surface area contributed by atoms with E-state index < -0.39 is 0 Å². The van der Waals surface area contributed by atoms with Crippen LogP contribution >= 0.6 is 11.5 Å². The molecule has 0 aliphatic carbocycles. The van der Waals surface area contributed by atoms with Crippen LogP contribution in [0.4, 0.5) is 5.82 Å². The van der Waals surface area contributed by atoms with Gasteiger partial charge in [-0.15, -0.1) is 0 Å². The Bertz CT molecular complexity index is 664. The molecule has 18 heavy (non-hydrogen) atoms. The molecular formula is C14H12N2OS. The van der Waals surface area contributed by atoms with Gasteiger partial charge in [0.2, 0.25) is 0 Å². The predicted molar refractivity (Wildman–Crippen MR) is 74.8 cm³/mol. The predicted octanol–water partition coefficient (Wildman–Crippen LogP) is 3.46. The summed E-state index contributed by atoms with van der Waals surface area (Å²) in [5, 5.41) is 0.915. The molecule has 0 unspecified atom stereocenters. The van der Waals surface area contributed by atoms with Gasteiger partial charge in [0.25, 0.3) is 0 Å². The van der Waals surface area contributed by atoms with E-state index in [2.05, 4.69) is 4.37 Å². The zero-order valence-corrected chi connectivity index (χ0v) is 10.5. The van der Waals surface area contributed by atoms with Gasteiger partial charge < -0.3 is 10.5 Å². The molecule has 0 atom stereocenters. The fraction of sp³-hybridized carbons (Fsp3) is 0.0714. The summed E-state index contributed by atoms with van der Waals surface area (Å²) in [6.07, 6.45) is 0. The molecule has 0 saturated carbocycles. The number of ether oxygens (including phenoxy) is 1. The molecule has 0 saturated heterocycles. The van der Waals surface area contributed by atoms with E-state index in [0.717, 1.165) is 21.4 Å². The van der Waals surface area contributed by atoms with Gasteiger partial charge in [0.15, 0.2) is 0 Å². The van der Waals surface area contributed by atoms with Crippen LogP contribution in [0.2, 0.25) is 0 Å². The number of aromatic nitrogens is 1. The van der Waals surface area contributed by atoms with Crippen molar-refractivity contribution in [2.75, 3.05) is 5.73 Å². The van der Waals surface area contributed by atoms with Crippen LogP contribution in [0.3, 0.4) is 0 Å². The lowest BCUT2D eigenvalue weighted by Crippen LogP contribution is -1.96. The fourth-order valence-electron chi connectivity index (χ4n) is 1.84. The Labute approximate surface area is 109 Å². The summed E-state index contributed by atoms with van der Waals surface area (Å²) < 4.78 is 11.0. The average Bonchev–Trinajstić information content (AvgIpc) is 2.80. The van der Waals surface area contributed by atoms with Crippen LogP contribution in [0.25, 0.3) is 10.1 Å². The van der Waals surface area contributed by atoms with Crippen LogP contribution in [0, 0.1) is 0 Å². The maximum atomic E-state index is 5.87. The Hall–Kier alpha value is -2.07. The Morgan fingerprint density at radius 3 is 2.72 bits per heavy atom. The SMILES string of the molecule is Nc1nsc2cccc(OCc3ccccc3)c12. The van der Waals surface area contributed by atoms with Crippen molar-refractivity contribution >= 4 is 27.4 Å². The number of nitrogens with two attached hydrogens (primary N) is 1. The largest absolute Gasteiger partial charge is 0.488 e. The van der Waals surface area contributed by atoms with Gasteiger partial charge in [-0.1, -0.05) is 36.4 Å². The molecule has 3 aromatic rings. The third-order valence-corrected chi connectivity index (χ3v) is 3.55. The Morgan fingerprint density at radius 1 is 1.06 bits per heavy atom. The van der Waals surface area contributed by atoms with Crippen LogP contribution in [0.15, 0.2) is 48.5 Å². The molecule has 90 valence electrons. The van der Waals surface area contributed by atoms with E-state index in [-0.39, 0.29) is 0 Å². The third kappa shape index (κ3) is 2.02. The molecule has 0 aliphatic rings. The standard InChI is InChI=1S/C14H12N2OS/c15-14-13-11(7-4-8-12(13)18-16-14)17-9-10-5-2-1-3-6-10/h1-8H,9H2,(H2,15,16). The first-order valence-corrected chi connectivity index (χ1v) is 6.42. The molecule has 0 spiro atoms. The molecule has 0 amide bonds. The van der Waals surface area contributed by atoms with Crippen molar-refractivity contribution < 1.29 is 4.74 Å². The fourth-order valence-corrected chi connectivity index (χ4v) is 2.56. The summed E-state index contributed by atoms with van der Waals surface area (Å²) in [6, 6.07) is 15.9. The second kappa shape index (κ2) is 4.66. The molecule has 0 radical (unpaired) electrons. The van der Waals surface area contributed by atoms with E-state index in [9.17, 15) is 0 Å². The van der Waals surface area contributed by atoms with Crippen LogP contribution in [-0.2, 0) is 6.61 Å². The average molecular weight is 256 g/mol. The minimum Gasteiger partial charge on any atom is -0.488 e. The van der Waals surface area contributed by atoms with Crippen molar-refractivity contribution in [2.45, 2.75) is 6.61 Å². The van der Waals surface area contributed by atoms with Crippen molar-refractivity contribution in [3.05, 3.63) is 54.1 Å². The van der Waals surface area contributed by atoms with Gasteiger partial charge in [-0.05, 0) is 29.2 Å². The number of fused-ring (bicyclic) bond motifs is 1. The van der Waals surface area contributed by atoms with Gasteiger partial charge in [-0.2, -0.15) is 4.37 Å². The highest BCUT2D eigenvalue weighted by Crippen LogP contribution is 2.33. The van der Waals surface area contributed by atoms with Crippen molar-refractivity contribution in [2.24, 2.45) is 0 Å². The third-order valence-electron chi connectivity index (χ3n) is 2.72. The topological polar surface area (TPSA) is 48.1 Å². The zero-order chi connectivity index (χ0) is 12.4. The molecule has 3 rings (SSSR count). The highest BCUT2D eigenvalue weighted by Gasteiger charge is 2.08. The molecule has 0 fully saturated rings. The van der Waals surface area contributed by atoms with Crippen LogP contribution in [-0.4, -0.2) is 4.37 Å². The smallest absolute Gasteiger partial charge is 0.148 e. The van der Waals surface area contributed by atoms with Crippen molar-refractivity contribution in [3.63, 3.8) is 0 Å². The molecule has 1 aromatic heterocycles. The Kier molecular flexibility index (Phi) is 2.86. The van der Waals surface area contributed by atoms with Gasteiger partial charge in [-0.3, -0.25) is 0 Å². The minimum absolute atomic E-state index is 0.537. The van der Waals surface area contributed by atoms with Gasteiger partial charge in [0.1, 0.15) is 18.2 Å². The van der Waals surface area contributed by atoms with Crippen LogP contribution in [0.5, 0.6) is 5.75 Å². The zero-order valence-electron chi connectivity index (χ0n) is 9.67.